The van der Waals surface area contributed by atoms with Gasteiger partial charge in [-0.2, -0.15) is 0 Å². The van der Waals surface area contributed by atoms with Crippen molar-refractivity contribution in [2.24, 2.45) is 17.6 Å². The number of nitrogens with two attached hydrogens (primary N) is 1. The number of benzene rings is 1. The number of carbonyl (C=O) groups excluding carboxylic acids is 1. The van der Waals surface area contributed by atoms with Crippen LogP contribution in [0.4, 0.5) is 4.39 Å². The molecule has 1 aromatic rings. The SMILES string of the molecule is CC(Cc1ccccc1F)C(=O)NC(CN)C1CC1.Cl. The van der Waals surface area contributed by atoms with Gasteiger partial charge >= 0.3 is 0 Å². The van der Waals surface area contributed by atoms with Gasteiger partial charge in [0.05, 0.1) is 0 Å². The van der Waals surface area contributed by atoms with Crippen molar-refractivity contribution >= 4 is 18.3 Å². The minimum atomic E-state index is -0.250. The monoisotopic (exact) mass is 300 g/mol. The Morgan fingerprint density at radius 1 is 1.45 bits per heavy atom. The van der Waals surface area contributed by atoms with E-state index in [9.17, 15) is 9.18 Å². The van der Waals surface area contributed by atoms with Gasteiger partial charge in [-0.1, -0.05) is 25.1 Å². The Balaban J connectivity index is 0.00000200. The molecule has 20 heavy (non-hydrogen) atoms. The van der Waals surface area contributed by atoms with Crippen LogP contribution >= 0.6 is 12.4 Å². The van der Waals surface area contributed by atoms with Crippen LogP contribution in [0, 0.1) is 17.7 Å². The van der Waals surface area contributed by atoms with Crippen LogP contribution in [0.3, 0.4) is 0 Å². The molecule has 5 heteroatoms. The van der Waals surface area contributed by atoms with E-state index in [1.165, 1.54) is 6.07 Å². The fraction of sp³-hybridized carbons (Fsp3) is 0.533. The van der Waals surface area contributed by atoms with Crippen molar-refractivity contribution in [1.82, 2.24) is 5.32 Å². The third-order valence-corrected chi connectivity index (χ3v) is 3.70. The van der Waals surface area contributed by atoms with Gasteiger partial charge in [0.15, 0.2) is 0 Å². The Kier molecular flexibility index (Phi) is 6.43. The molecule has 1 saturated carbocycles. The molecule has 1 aromatic carbocycles. The summed E-state index contributed by atoms with van der Waals surface area (Å²) in [5.74, 6) is 0.00429. The first-order valence-electron chi connectivity index (χ1n) is 6.85. The van der Waals surface area contributed by atoms with Gasteiger partial charge in [0.2, 0.25) is 5.91 Å². The van der Waals surface area contributed by atoms with Crippen LogP contribution in [-0.2, 0) is 11.2 Å². The van der Waals surface area contributed by atoms with E-state index in [1.807, 2.05) is 6.92 Å². The number of hydrogen-bond donors (Lipinski definition) is 2. The van der Waals surface area contributed by atoms with Crippen LogP contribution in [0.25, 0.3) is 0 Å². The van der Waals surface area contributed by atoms with Gasteiger partial charge in [-0.3, -0.25) is 4.79 Å². The molecule has 3 nitrogen and oxygen atoms in total. The fourth-order valence-electron chi connectivity index (χ4n) is 2.28. The van der Waals surface area contributed by atoms with E-state index in [0.29, 0.717) is 24.4 Å². The van der Waals surface area contributed by atoms with Crippen molar-refractivity contribution in [1.29, 1.82) is 0 Å². The summed E-state index contributed by atoms with van der Waals surface area (Å²) in [5.41, 5.74) is 6.25. The van der Waals surface area contributed by atoms with E-state index in [0.717, 1.165) is 12.8 Å². The van der Waals surface area contributed by atoms with Crippen molar-refractivity contribution in [3.05, 3.63) is 35.6 Å². The lowest BCUT2D eigenvalue weighted by atomic mass is 9.99. The maximum absolute atomic E-state index is 13.5. The van der Waals surface area contributed by atoms with Crippen molar-refractivity contribution < 1.29 is 9.18 Å². The van der Waals surface area contributed by atoms with Gasteiger partial charge in [-0.15, -0.1) is 12.4 Å². The summed E-state index contributed by atoms with van der Waals surface area (Å²) in [5, 5.41) is 2.98. The van der Waals surface area contributed by atoms with Crippen molar-refractivity contribution in [3.8, 4) is 0 Å². The highest BCUT2D eigenvalue weighted by Gasteiger charge is 2.32. The summed E-state index contributed by atoms with van der Waals surface area (Å²) in [7, 11) is 0. The summed E-state index contributed by atoms with van der Waals surface area (Å²) in [6, 6.07) is 6.67. The molecule has 0 heterocycles. The van der Waals surface area contributed by atoms with E-state index >= 15 is 0 Å². The lowest BCUT2D eigenvalue weighted by Crippen LogP contribution is -2.44. The van der Waals surface area contributed by atoms with Crippen molar-refractivity contribution in [2.45, 2.75) is 32.2 Å². The summed E-state index contributed by atoms with van der Waals surface area (Å²) in [6.45, 7) is 2.30. The molecule has 3 N–H and O–H groups in total. The molecular formula is C15H22ClFN2O. The van der Waals surface area contributed by atoms with Crippen LogP contribution in [0.15, 0.2) is 24.3 Å². The lowest BCUT2D eigenvalue weighted by Gasteiger charge is -2.19. The number of carbonyl (C=O) groups is 1. The molecule has 0 aliphatic heterocycles. The fourth-order valence-corrected chi connectivity index (χ4v) is 2.28. The van der Waals surface area contributed by atoms with Gasteiger partial charge in [-0.25, -0.2) is 4.39 Å². The van der Waals surface area contributed by atoms with E-state index in [1.54, 1.807) is 18.2 Å². The smallest absolute Gasteiger partial charge is 0.223 e. The molecule has 0 bridgehead atoms. The van der Waals surface area contributed by atoms with Gasteiger partial charge in [-0.05, 0) is 36.8 Å². The van der Waals surface area contributed by atoms with Crippen LogP contribution in [0.2, 0.25) is 0 Å². The molecule has 0 saturated heterocycles. The second-order valence-corrected chi connectivity index (χ2v) is 5.38. The summed E-state index contributed by atoms with van der Waals surface area (Å²) < 4.78 is 13.5. The number of hydrogen-bond acceptors (Lipinski definition) is 2. The van der Waals surface area contributed by atoms with E-state index in [-0.39, 0.29) is 36.1 Å². The highest BCUT2D eigenvalue weighted by molar-refractivity contribution is 5.85. The Morgan fingerprint density at radius 2 is 2.10 bits per heavy atom. The van der Waals surface area contributed by atoms with E-state index < -0.39 is 0 Å². The lowest BCUT2D eigenvalue weighted by molar-refractivity contribution is -0.125. The topological polar surface area (TPSA) is 55.1 Å². The molecule has 2 unspecified atom stereocenters. The molecule has 0 aromatic heterocycles. The zero-order valence-corrected chi connectivity index (χ0v) is 12.5. The van der Waals surface area contributed by atoms with E-state index in [2.05, 4.69) is 5.32 Å². The largest absolute Gasteiger partial charge is 0.352 e. The zero-order valence-electron chi connectivity index (χ0n) is 11.6. The first kappa shape index (κ1) is 16.9. The van der Waals surface area contributed by atoms with Gasteiger partial charge in [0.1, 0.15) is 5.82 Å². The number of amides is 1. The zero-order chi connectivity index (χ0) is 13.8. The first-order chi connectivity index (χ1) is 9.11. The normalized spacial score (nSPS) is 16.9. The summed E-state index contributed by atoms with van der Waals surface area (Å²) in [6.07, 6.45) is 2.70. The predicted molar refractivity (Wildman–Crippen MR) is 80.2 cm³/mol. The maximum Gasteiger partial charge on any atom is 0.223 e. The van der Waals surface area contributed by atoms with E-state index in [4.69, 9.17) is 5.73 Å². The molecule has 1 fully saturated rings. The molecule has 1 aliphatic carbocycles. The molecule has 1 aliphatic rings. The summed E-state index contributed by atoms with van der Waals surface area (Å²) >= 11 is 0. The second-order valence-electron chi connectivity index (χ2n) is 5.38. The highest BCUT2D eigenvalue weighted by Crippen LogP contribution is 2.32. The van der Waals surface area contributed by atoms with Crippen LogP contribution in [0.1, 0.15) is 25.3 Å². The number of halogens is 2. The number of rotatable bonds is 6. The average Bonchev–Trinajstić information content (AvgIpc) is 3.22. The maximum atomic E-state index is 13.5. The Bertz CT molecular complexity index is 451. The molecule has 0 radical (unpaired) electrons. The van der Waals surface area contributed by atoms with Gasteiger partial charge < -0.3 is 11.1 Å². The van der Waals surface area contributed by atoms with Crippen molar-refractivity contribution in [2.75, 3.05) is 6.54 Å². The predicted octanol–water partition coefficient (Wildman–Crippen LogP) is 2.28. The second kappa shape index (κ2) is 7.60. The minimum Gasteiger partial charge on any atom is -0.352 e. The number of nitrogens with one attached hydrogen (secondary N) is 1. The van der Waals surface area contributed by atoms with Gasteiger partial charge in [0, 0.05) is 18.5 Å². The Hall–Kier alpha value is -1.13. The quantitative estimate of drug-likeness (QED) is 0.847. The third kappa shape index (κ3) is 4.46. The van der Waals surface area contributed by atoms with Crippen LogP contribution in [-0.4, -0.2) is 18.5 Å². The molecule has 1 amide bonds. The van der Waals surface area contributed by atoms with Crippen LogP contribution in [0.5, 0.6) is 0 Å². The summed E-state index contributed by atoms with van der Waals surface area (Å²) in [4.78, 5) is 12.1. The molecule has 2 rings (SSSR count). The third-order valence-electron chi connectivity index (χ3n) is 3.70. The standard InChI is InChI=1S/C15H21FN2O.ClH/c1-10(8-12-4-2-3-5-13(12)16)15(19)18-14(9-17)11-6-7-11;/h2-5,10-11,14H,6-9,17H2,1H3,(H,18,19);1H. The molecule has 0 spiro atoms. The molecule has 2 atom stereocenters. The Labute approximate surface area is 125 Å². The Morgan fingerprint density at radius 3 is 2.65 bits per heavy atom. The minimum absolute atomic E-state index is 0. The van der Waals surface area contributed by atoms with Crippen LogP contribution < -0.4 is 11.1 Å². The first-order valence-corrected chi connectivity index (χ1v) is 6.85. The van der Waals surface area contributed by atoms with Crippen molar-refractivity contribution in [3.63, 3.8) is 0 Å². The molecular weight excluding hydrogens is 279 g/mol. The average molecular weight is 301 g/mol. The van der Waals surface area contributed by atoms with Gasteiger partial charge in [0.25, 0.3) is 0 Å². The molecule has 112 valence electrons. The highest BCUT2D eigenvalue weighted by atomic mass is 35.5.